The van der Waals surface area contributed by atoms with Crippen molar-refractivity contribution >= 4 is 16.7 Å². The van der Waals surface area contributed by atoms with E-state index in [2.05, 4.69) is 18.7 Å². The molecule has 1 aliphatic rings. The van der Waals surface area contributed by atoms with Gasteiger partial charge in [-0.3, -0.25) is 0 Å². The SMILES string of the molecule is CC(C)N1CCC(c2c(N)c3ccccc3oc2=O)C1. The van der Waals surface area contributed by atoms with Crippen molar-refractivity contribution < 1.29 is 4.42 Å². The molecule has 1 fully saturated rings. The quantitative estimate of drug-likeness (QED) is 0.854. The zero-order valence-corrected chi connectivity index (χ0v) is 11.9. The van der Waals surface area contributed by atoms with Crippen LogP contribution in [-0.4, -0.2) is 24.0 Å². The molecule has 4 nitrogen and oxygen atoms in total. The molecule has 1 saturated heterocycles. The molecule has 0 bridgehead atoms. The van der Waals surface area contributed by atoms with Gasteiger partial charge in [0, 0.05) is 23.9 Å². The maximum absolute atomic E-state index is 12.3. The summed E-state index contributed by atoms with van der Waals surface area (Å²) in [6, 6.07) is 7.95. The highest BCUT2D eigenvalue weighted by molar-refractivity contribution is 5.90. The zero-order valence-electron chi connectivity index (χ0n) is 11.9. The second kappa shape index (κ2) is 4.94. The average Bonchev–Trinajstić information content (AvgIpc) is 2.88. The molecule has 0 amide bonds. The maximum Gasteiger partial charge on any atom is 0.341 e. The number of benzene rings is 1. The van der Waals surface area contributed by atoms with E-state index < -0.39 is 0 Å². The summed E-state index contributed by atoms with van der Waals surface area (Å²) >= 11 is 0. The largest absolute Gasteiger partial charge is 0.422 e. The predicted octanol–water partition coefficient (Wildman–Crippen LogP) is 2.57. The number of anilines is 1. The third kappa shape index (κ3) is 2.10. The van der Waals surface area contributed by atoms with Gasteiger partial charge in [0.2, 0.25) is 0 Å². The van der Waals surface area contributed by atoms with Crippen LogP contribution in [-0.2, 0) is 0 Å². The fourth-order valence-corrected chi connectivity index (χ4v) is 3.07. The lowest BCUT2D eigenvalue weighted by atomic mass is 9.97. The number of nitrogens with zero attached hydrogens (tertiary/aromatic N) is 1. The van der Waals surface area contributed by atoms with Crippen LogP contribution in [0, 0.1) is 0 Å². The van der Waals surface area contributed by atoms with Gasteiger partial charge in [-0.2, -0.15) is 0 Å². The standard InChI is InChI=1S/C16H20N2O2/c1-10(2)18-8-7-11(9-18)14-15(17)12-5-3-4-6-13(12)20-16(14)19/h3-6,10-11H,7-9,17H2,1-2H3. The van der Waals surface area contributed by atoms with Crippen molar-refractivity contribution in [1.29, 1.82) is 0 Å². The van der Waals surface area contributed by atoms with Crippen molar-refractivity contribution in [3.63, 3.8) is 0 Å². The van der Waals surface area contributed by atoms with E-state index in [1.54, 1.807) is 6.07 Å². The van der Waals surface area contributed by atoms with Gasteiger partial charge in [0.25, 0.3) is 0 Å². The number of nitrogen functional groups attached to an aromatic ring is 1. The predicted molar refractivity (Wildman–Crippen MR) is 81.0 cm³/mol. The Bertz CT molecular complexity index is 690. The van der Waals surface area contributed by atoms with E-state index in [4.69, 9.17) is 10.2 Å². The molecule has 1 unspecified atom stereocenters. The summed E-state index contributed by atoms with van der Waals surface area (Å²) in [7, 11) is 0. The Morgan fingerprint density at radius 3 is 2.80 bits per heavy atom. The molecule has 1 atom stereocenters. The number of likely N-dealkylation sites (tertiary alicyclic amines) is 1. The van der Waals surface area contributed by atoms with Gasteiger partial charge < -0.3 is 15.1 Å². The first-order valence-corrected chi connectivity index (χ1v) is 7.13. The number of hydrogen-bond acceptors (Lipinski definition) is 4. The lowest BCUT2D eigenvalue weighted by Gasteiger charge is -2.20. The number of fused-ring (bicyclic) bond motifs is 1. The van der Waals surface area contributed by atoms with Gasteiger partial charge in [0.05, 0.1) is 11.3 Å². The minimum atomic E-state index is -0.281. The molecule has 0 aliphatic carbocycles. The minimum absolute atomic E-state index is 0.179. The summed E-state index contributed by atoms with van der Waals surface area (Å²) in [5.41, 5.74) is 7.78. The van der Waals surface area contributed by atoms with Gasteiger partial charge in [-0.25, -0.2) is 4.79 Å². The number of nitrogens with two attached hydrogens (primary N) is 1. The molecule has 2 N–H and O–H groups in total. The molecular formula is C16H20N2O2. The van der Waals surface area contributed by atoms with Crippen molar-refractivity contribution in [1.82, 2.24) is 4.90 Å². The molecule has 0 radical (unpaired) electrons. The van der Waals surface area contributed by atoms with Gasteiger partial charge in [-0.15, -0.1) is 0 Å². The molecule has 0 saturated carbocycles. The van der Waals surface area contributed by atoms with Crippen molar-refractivity contribution in [2.45, 2.75) is 32.2 Å². The van der Waals surface area contributed by atoms with Crippen LogP contribution in [0.25, 0.3) is 11.0 Å². The lowest BCUT2D eigenvalue weighted by molar-refractivity contribution is 0.272. The second-order valence-corrected chi connectivity index (χ2v) is 5.79. The Kier molecular flexibility index (Phi) is 3.26. The highest BCUT2D eigenvalue weighted by Crippen LogP contribution is 2.33. The number of rotatable bonds is 2. The van der Waals surface area contributed by atoms with E-state index in [1.807, 2.05) is 18.2 Å². The monoisotopic (exact) mass is 272 g/mol. The van der Waals surface area contributed by atoms with Crippen molar-refractivity contribution in [3.05, 3.63) is 40.2 Å². The fraction of sp³-hybridized carbons (Fsp3) is 0.438. The topological polar surface area (TPSA) is 59.5 Å². The summed E-state index contributed by atoms with van der Waals surface area (Å²) in [4.78, 5) is 14.6. The fourth-order valence-electron chi connectivity index (χ4n) is 3.07. The minimum Gasteiger partial charge on any atom is -0.422 e. The normalized spacial score (nSPS) is 20.1. The molecular weight excluding hydrogens is 252 g/mol. The Morgan fingerprint density at radius 2 is 2.10 bits per heavy atom. The number of hydrogen-bond donors (Lipinski definition) is 1. The summed E-state index contributed by atoms with van der Waals surface area (Å²) in [5.74, 6) is 0.179. The first-order valence-electron chi connectivity index (χ1n) is 7.13. The van der Waals surface area contributed by atoms with Gasteiger partial charge in [-0.05, 0) is 38.9 Å². The number of para-hydroxylation sites is 1. The first kappa shape index (κ1) is 13.2. The summed E-state index contributed by atoms with van der Waals surface area (Å²) in [5, 5.41) is 0.838. The van der Waals surface area contributed by atoms with E-state index in [1.165, 1.54) is 0 Å². The molecule has 20 heavy (non-hydrogen) atoms. The Morgan fingerprint density at radius 1 is 1.35 bits per heavy atom. The summed E-state index contributed by atoms with van der Waals surface area (Å²) < 4.78 is 5.43. The average molecular weight is 272 g/mol. The summed E-state index contributed by atoms with van der Waals surface area (Å²) in [6.45, 7) is 6.24. The molecule has 1 aromatic carbocycles. The highest BCUT2D eigenvalue weighted by Gasteiger charge is 2.30. The van der Waals surface area contributed by atoms with E-state index in [0.717, 1.165) is 24.9 Å². The molecule has 3 rings (SSSR count). The molecule has 4 heteroatoms. The third-order valence-corrected chi connectivity index (χ3v) is 4.25. The van der Waals surface area contributed by atoms with Gasteiger partial charge in [0.1, 0.15) is 5.58 Å². The van der Waals surface area contributed by atoms with Gasteiger partial charge >= 0.3 is 5.63 Å². The Labute approximate surface area is 118 Å². The molecule has 106 valence electrons. The van der Waals surface area contributed by atoms with Crippen LogP contribution >= 0.6 is 0 Å². The Hall–Kier alpha value is -1.81. The maximum atomic E-state index is 12.3. The summed E-state index contributed by atoms with van der Waals surface area (Å²) in [6.07, 6.45) is 0.964. The van der Waals surface area contributed by atoms with Crippen LogP contribution in [0.3, 0.4) is 0 Å². The first-order chi connectivity index (χ1) is 9.58. The zero-order chi connectivity index (χ0) is 14.3. The van der Waals surface area contributed by atoms with Crippen LogP contribution in [0.1, 0.15) is 31.7 Å². The molecule has 2 heterocycles. The van der Waals surface area contributed by atoms with Crippen LogP contribution in [0.15, 0.2) is 33.5 Å². The van der Waals surface area contributed by atoms with Crippen LogP contribution < -0.4 is 11.4 Å². The van der Waals surface area contributed by atoms with Gasteiger partial charge in [0.15, 0.2) is 0 Å². The third-order valence-electron chi connectivity index (χ3n) is 4.25. The lowest BCUT2D eigenvalue weighted by Crippen LogP contribution is -2.28. The molecule has 1 aliphatic heterocycles. The van der Waals surface area contributed by atoms with Crippen molar-refractivity contribution in [3.8, 4) is 0 Å². The molecule has 2 aromatic rings. The van der Waals surface area contributed by atoms with E-state index in [0.29, 0.717) is 22.9 Å². The smallest absolute Gasteiger partial charge is 0.341 e. The van der Waals surface area contributed by atoms with Crippen LogP contribution in [0.2, 0.25) is 0 Å². The van der Waals surface area contributed by atoms with E-state index >= 15 is 0 Å². The van der Waals surface area contributed by atoms with Gasteiger partial charge in [-0.1, -0.05) is 12.1 Å². The van der Waals surface area contributed by atoms with Crippen LogP contribution in [0.5, 0.6) is 0 Å². The van der Waals surface area contributed by atoms with Crippen molar-refractivity contribution in [2.75, 3.05) is 18.8 Å². The van der Waals surface area contributed by atoms with Crippen molar-refractivity contribution in [2.24, 2.45) is 0 Å². The van der Waals surface area contributed by atoms with E-state index in [9.17, 15) is 4.79 Å². The highest BCUT2D eigenvalue weighted by atomic mass is 16.4. The second-order valence-electron chi connectivity index (χ2n) is 5.79. The van der Waals surface area contributed by atoms with Crippen LogP contribution in [0.4, 0.5) is 5.69 Å². The molecule has 1 aromatic heterocycles. The Balaban J connectivity index is 2.06. The van der Waals surface area contributed by atoms with E-state index in [-0.39, 0.29) is 11.5 Å². The molecule has 0 spiro atoms.